The molecule has 4 nitrogen and oxygen atoms in total. The molecule has 0 heterocycles. The Balaban J connectivity index is 1.54. The zero-order chi connectivity index (χ0) is 27.0. The minimum atomic E-state index is -0.344. The number of methoxy groups -OCH3 is 3. The van der Waals surface area contributed by atoms with Crippen LogP contribution < -0.4 is 0 Å². The van der Waals surface area contributed by atoms with Crippen molar-refractivity contribution in [3.8, 4) is 0 Å². The topological polar surface area (TPSA) is 44.8 Å². The predicted octanol–water partition coefficient (Wildman–Crippen LogP) is 7.46. The summed E-state index contributed by atoms with van der Waals surface area (Å²) in [5, 5.41) is 0. The van der Waals surface area contributed by atoms with Crippen molar-refractivity contribution in [1.29, 1.82) is 0 Å². The number of fused-ring (bicyclic) bond motifs is 7. The second-order valence-corrected chi connectivity index (χ2v) is 15.2. The fourth-order valence-corrected chi connectivity index (χ4v) is 12.3. The van der Waals surface area contributed by atoms with Crippen LogP contribution in [0.3, 0.4) is 0 Å². The molecular weight excluding hydrogens is 460 g/mol. The number of carbonyl (C=O) groups is 1. The third-order valence-electron chi connectivity index (χ3n) is 14.1. The van der Waals surface area contributed by atoms with Gasteiger partial charge in [0, 0.05) is 14.2 Å². The summed E-state index contributed by atoms with van der Waals surface area (Å²) in [4.78, 5) is 13.5. The Labute approximate surface area is 226 Å². The molecule has 0 radical (unpaired) electrons. The molecule has 0 N–H and O–H groups in total. The summed E-state index contributed by atoms with van der Waals surface area (Å²) in [7, 11) is 5.28. The lowest BCUT2D eigenvalue weighted by Gasteiger charge is -2.72. The molecule has 210 valence electrons. The fourth-order valence-electron chi connectivity index (χ4n) is 12.3. The van der Waals surface area contributed by atoms with Crippen LogP contribution in [-0.2, 0) is 19.0 Å². The van der Waals surface area contributed by atoms with Crippen molar-refractivity contribution in [2.75, 3.05) is 27.9 Å². The van der Waals surface area contributed by atoms with Gasteiger partial charge in [-0.1, -0.05) is 41.2 Å². The Morgan fingerprint density at radius 3 is 2.19 bits per heavy atom. The van der Waals surface area contributed by atoms with Crippen LogP contribution in [0.5, 0.6) is 0 Å². The molecule has 0 saturated heterocycles. The minimum absolute atomic E-state index is 0.0369. The summed E-state index contributed by atoms with van der Waals surface area (Å²) in [6.45, 7) is 18.0. The average Bonchev–Trinajstić information content (AvgIpc) is 3.25. The van der Waals surface area contributed by atoms with Gasteiger partial charge >= 0.3 is 5.97 Å². The molecule has 6 unspecified atom stereocenters. The van der Waals surface area contributed by atoms with Gasteiger partial charge in [0.2, 0.25) is 0 Å². The van der Waals surface area contributed by atoms with E-state index < -0.39 is 0 Å². The number of esters is 1. The molecule has 10 atom stereocenters. The third kappa shape index (κ3) is 3.49. The SMILES string of the molecule is C=C(COC)[C@@H]1CCC2(C(=O)OC)CC[C@]3(C)C(CCC4[C@@]5(C)CCC(OC)C(C)(C)C5CC[C@]43C)C12. The normalized spacial score (nSPS) is 50.3. The molecule has 0 aliphatic heterocycles. The van der Waals surface area contributed by atoms with Crippen molar-refractivity contribution < 1.29 is 19.0 Å². The van der Waals surface area contributed by atoms with Gasteiger partial charge in [-0.2, -0.15) is 0 Å². The van der Waals surface area contributed by atoms with E-state index >= 15 is 0 Å². The van der Waals surface area contributed by atoms with Crippen LogP contribution in [0.15, 0.2) is 12.2 Å². The van der Waals surface area contributed by atoms with Crippen molar-refractivity contribution in [2.24, 2.45) is 56.7 Å². The standard InChI is InChI=1S/C33H54O4/c1-21(20-35-7)22-12-17-33(28(34)37-9)19-18-31(5)23(27(22)33)10-11-25-30(4)15-14-26(36-8)29(2,3)24(30)13-16-32(25,31)6/h22-27H,1,10-20H2,2-9H3/t22-,23?,24?,25?,26?,27?,30-,31+,32+,33?/m0/s1. The van der Waals surface area contributed by atoms with Gasteiger partial charge in [0.25, 0.3) is 0 Å². The van der Waals surface area contributed by atoms with Crippen LogP contribution >= 0.6 is 0 Å². The lowest BCUT2D eigenvalue weighted by Crippen LogP contribution is -2.67. The number of ether oxygens (including phenoxy) is 3. The van der Waals surface area contributed by atoms with Crippen molar-refractivity contribution >= 4 is 5.97 Å². The third-order valence-corrected chi connectivity index (χ3v) is 14.1. The zero-order valence-electron chi connectivity index (χ0n) is 25.1. The molecule has 4 heteroatoms. The Morgan fingerprint density at radius 1 is 0.811 bits per heavy atom. The van der Waals surface area contributed by atoms with E-state index in [9.17, 15) is 4.79 Å². The highest BCUT2D eigenvalue weighted by Gasteiger charge is 2.72. The smallest absolute Gasteiger partial charge is 0.312 e. The van der Waals surface area contributed by atoms with Crippen molar-refractivity contribution in [3.05, 3.63) is 12.2 Å². The van der Waals surface area contributed by atoms with Crippen LogP contribution in [0, 0.1) is 56.7 Å². The quantitative estimate of drug-likeness (QED) is 0.282. The predicted molar refractivity (Wildman–Crippen MR) is 148 cm³/mol. The minimum Gasteiger partial charge on any atom is -0.469 e. The summed E-state index contributed by atoms with van der Waals surface area (Å²) in [6.07, 6.45) is 12.0. The molecular formula is C33H54O4. The summed E-state index contributed by atoms with van der Waals surface area (Å²) in [5.74, 6) is 2.68. The van der Waals surface area contributed by atoms with Crippen molar-refractivity contribution in [3.63, 3.8) is 0 Å². The molecule has 0 spiro atoms. The summed E-state index contributed by atoms with van der Waals surface area (Å²) < 4.78 is 17.2. The Bertz CT molecular complexity index is 925. The van der Waals surface area contributed by atoms with E-state index in [4.69, 9.17) is 14.2 Å². The average molecular weight is 515 g/mol. The Kier molecular flexibility index (Phi) is 6.80. The maximum atomic E-state index is 13.5. The first kappa shape index (κ1) is 27.7. The molecule has 5 fully saturated rings. The van der Waals surface area contributed by atoms with Crippen molar-refractivity contribution in [1.82, 2.24) is 0 Å². The van der Waals surface area contributed by atoms with E-state index in [1.165, 1.54) is 44.1 Å². The van der Waals surface area contributed by atoms with Gasteiger partial charge in [0.15, 0.2) is 0 Å². The molecule has 5 saturated carbocycles. The van der Waals surface area contributed by atoms with Crippen LogP contribution in [-0.4, -0.2) is 40.0 Å². The fraction of sp³-hybridized carbons (Fsp3) is 0.909. The van der Waals surface area contributed by atoms with Crippen molar-refractivity contribution in [2.45, 2.75) is 105 Å². The lowest BCUT2D eigenvalue weighted by molar-refractivity contribution is -0.250. The first-order valence-corrected chi connectivity index (χ1v) is 15.1. The summed E-state index contributed by atoms with van der Waals surface area (Å²) >= 11 is 0. The van der Waals surface area contributed by atoms with Gasteiger partial charge < -0.3 is 14.2 Å². The molecule has 37 heavy (non-hydrogen) atoms. The largest absolute Gasteiger partial charge is 0.469 e. The van der Waals surface area contributed by atoms with E-state index in [2.05, 4.69) is 41.2 Å². The zero-order valence-corrected chi connectivity index (χ0v) is 25.1. The number of hydrogen-bond acceptors (Lipinski definition) is 4. The number of carbonyl (C=O) groups excluding carboxylic acids is 1. The number of rotatable bonds is 5. The highest BCUT2D eigenvalue weighted by atomic mass is 16.5. The summed E-state index contributed by atoms with van der Waals surface area (Å²) in [5.41, 5.74) is 1.92. The lowest BCUT2D eigenvalue weighted by atomic mass is 9.32. The van der Waals surface area contributed by atoms with E-state index in [1.54, 1.807) is 14.2 Å². The Morgan fingerprint density at radius 2 is 1.54 bits per heavy atom. The van der Waals surface area contributed by atoms with Crippen LogP contribution in [0.1, 0.15) is 98.8 Å². The van der Waals surface area contributed by atoms with E-state index in [0.29, 0.717) is 41.8 Å². The highest BCUT2D eigenvalue weighted by molar-refractivity contribution is 5.78. The van der Waals surface area contributed by atoms with E-state index in [1.807, 2.05) is 7.11 Å². The van der Waals surface area contributed by atoms with Gasteiger partial charge in [0.05, 0.1) is 25.2 Å². The first-order chi connectivity index (χ1) is 17.4. The molecule has 5 rings (SSSR count). The molecule has 0 aromatic rings. The summed E-state index contributed by atoms with van der Waals surface area (Å²) in [6, 6.07) is 0. The Hall–Kier alpha value is -0.870. The van der Waals surface area contributed by atoms with E-state index in [0.717, 1.165) is 31.6 Å². The van der Waals surface area contributed by atoms with E-state index in [-0.39, 0.29) is 27.6 Å². The molecule has 5 aliphatic carbocycles. The maximum Gasteiger partial charge on any atom is 0.312 e. The van der Waals surface area contributed by atoms with Gasteiger partial charge in [-0.3, -0.25) is 4.79 Å². The van der Waals surface area contributed by atoms with Crippen LogP contribution in [0.25, 0.3) is 0 Å². The first-order valence-electron chi connectivity index (χ1n) is 15.1. The van der Waals surface area contributed by atoms with Crippen LogP contribution in [0.4, 0.5) is 0 Å². The molecule has 0 aromatic heterocycles. The number of hydrogen-bond donors (Lipinski definition) is 0. The van der Waals surface area contributed by atoms with Crippen LogP contribution in [0.2, 0.25) is 0 Å². The van der Waals surface area contributed by atoms with Gasteiger partial charge in [0.1, 0.15) is 0 Å². The second-order valence-electron chi connectivity index (χ2n) is 15.2. The van der Waals surface area contributed by atoms with Gasteiger partial charge in [-0.15, -0.1) is 0 Å². The molecule has 0 aromatic carbocycles. The van der Waals surface area contributed by atoms with Gasteiger partial charge in [-0.25, -0.2) is 0 Å². The molecule has 0 amide bonds. The molecule has 5 aliphatic rings. The second kappa shape index (κ2) is 9.08. The maximum absolute atomic E-state index is 13.5. The van der Waals surface area contributed by atoms with Gasteiger partial charge in [-0.05, 0) is 121 Å². The monoisotopic (exact) mass is 514 g/mol. The highest BCUT2D eigenvalue weighted by Crippen LogP contribution is 2.77. The molecule has 0 bridgehead atoms.